The molecule has 0 bridgehead atoms. The number of likely N-dealkylation sites (tertiary alicyclic amines) is 1. The lowest BCUT2D eigenvalue weighted by Crippen LogP contribution is -2.53. The van der Waals surface area contributed by atoms with Crippen molar-refractivity contribution in [3.63, 3.8) is 0 Å². The Labute approximate surface area is 163 Å². The predicted octanol–water partition coefficient (Wildman–Crippen LogP) is 1.94. The summed E-state index contributed by atoms with van der Waals surface area (Å²) in [4.78, 5) is 40.4. The van der Waals surface area contributed by atoms with Crippen molar-refractivity contribution in [2.75, 3.05) is 14.2 Å². The monoisotopic (exact) mass is 378 g/mol. The molecule has 144 valence electrons. The Balaban J connectivity index is 1.97. The number of rotatable bonds is 3. The van der Waals surface area contributed by atoms with Gasteiger partial charge in [0, 0.05) is 13.1 Å². The highest BCUT2D eigenvalue weighted by atomic mass is 16.5. The van der Waals surface area contributed by atoms with Gasteiger partial charge < -0.3 is 4.74 Å². The van der Waals surface area contributed by atoms with Gasteiger partial charge >= 0.3 is 5.97 Å². The van der Waals surface area contributed by atoms with Crippen molar-refractivity contribution in [1.29, 1.82) is 0 Å². The molecule has 2 heterocycles. The molecule has 0 unspecified atom stereocenters. The van der Waals surface area contributed by atoms with Crippen LogP contribution in [0.2, 0.25) is 0 Å². The van der Waals surface area contributed by atoms with Crippen LogP contribution in [0.4, 0.5) is 0 Å². The van der Waals surface area contributed by atoms with E-state index in [1.165, 1.54) is 14.2 Å². The fourth-order valence-electron chi connectivity index (χ4n) is 4.69. The highest BCUT2D eigenvalue weighted by molar-refractivity contribution is 6.09. The zero-order chi connectivity index (χ0) is 20.1. The summed E-state index contributed by atoms with van der Waals surface area (Å²) in [6.07, 6.45) is 0. The van der Waals surface area contributed by atoms with Crippen molar-refractivity contribution in [2.45, 2.75) is 18.5 Å². The average Bonchev–Trinajstić information content (AvgIpc) is 3.19. The maximum absolute atomic E-state index is 13.1. The van der Waals surface area contributed by atoms with Crippen LogP contribution in [0, 0.1) is 18.8 Å². The predicted molar refractivity (Wildman–Crippen MR) is 102 cm³/mol. The van der Waals surface area contributed by atoms with E-state index in [0.717, 1.165) is 16.0 Å². The molecule has 28 heavy (non-hydrogen) atoms. The SMILES string of the molecule is COC(=O)[C@@]1(c2ccccc2)N[C@@H](c2ccccc2C)[C@H]2C(=O)N(C)C(=O)[C@H]21. The van der Waals surface area contributed by atoms with E-state index in [1.807, 2.05) is 49.4 Å². The zero-order valence-corrected chi connectivity index (χ0v) is 16.0. The third-order valence-electron chi connectivity index (χ3n) is 6.04. The van der Waals surface area contributed by atoms with Gasteiger partial charge in [0.25, 0.3) is 0 Å². The van der Waals surface area contributed by atoms with Crippen LogP contribution in [-0.4, -0.2) is 36.8 Å². The molecule has 2 aliphatic rings. The van der Waals surface area contributed by atoms with Crippen LogP contribution in [0.25, 0.3) is 0 Å². The Morgan fingerprint density at radius 3 is 2.32 bits per heavy atom. The second kappa shape index (κ2) is 6.56. The molecule has 6 heteroatoms. The fourth-order valence-corrected chi connectivity index (χ4v) is 4.69. The number of aryl methyl sites for hydroxylation is 1. The van der Waals surface area contributed by atoms with E-state index in [4.69, 9.17) is 4.74 Å². The quantitative estimate of drug-likeness (QED) is 0.653. The average molecular weight is 378 g/mol. The first-order chi connectivity index (χ1) is 13.4. The first-order valence-electron chi connectivity index (χ1n) is 9.22. The highest BCUT2D eigenvalue weighted by Gasteiger charge is 2.69. The number of esters is 1. The van der Waals surface area contributed by atoms with Gasteiger partial charge in [-0.25, -0.2) is 4.79 Å². The molecule has 0 aliphatic carbocycles. The molecular formula is C22H22N2O4. The minimum absolute atomic E-state index is 0.280. The number of ether oxygens (including phenoxy) is 1. The summed E-state index contributed by atoms with van der Waals surface area (Å²) in [5.74, 6) is -2.77. The molecular weight excluding hydrogens is 356 g/mol. The van der Waals surface area contributed by atoms with Crippen LogP contribution in [0.15, 0.2) is 54.6 Å². The van der Waals surface area contributed by atoms with Crippen LogP contribution in [0.5, 0.6) is 0 Å². The molecule has 4 atom stereocenters. The molecule has 2 aromatic carbocycles. The number of hydrogen-bond acceptors (Lipinski definition) is 5. The number of methoxy groups -OCH3 is 1. The van der Waals surface area contributed by atoms with Crippen molar-refractivity contribution < 1.29 is 19.1 Å². The molecule has 4 rings (SSSR count). The minimum atomic E-state index is -1.43. The van der Waals surface area contributed by atoms with Gasteiger partial charge in [0.15, 0.2) is 5.54 Å². The summed E-state index contributed by atoms with van der Waals surface area (Å²) in [7, 11) is 2.78. The topological polar surface area (TPSA) is 75.7 Å². The lowest BCUT2D eigenvalue weighted by molar-refractivity contribution is -0.154. The number of carbonyl (C=O) groups is 3. The van der Waals surface area contributed by atoms with Crippen LogP contribution in [-0.2, 0) is 24.7 Å². The smallest absolute Gasteiger partial charge is 0.331 e. The molecule has 1 N–H and O–H groups in total. The molecule has 2 aromatic rings. The molecule has 2 saturated heterocycles. The summed E-state index contributed by atoms with van der Waals surface area (Å²) >= 11 is 0. The second-order valence-corrected chi connectivity index (χ2v) is 7.38. The molecule has 2 amide bonds. The van der Waals surface area contributed by atoms with E-state index < -0.39 is 29.4 Å². The molecule has 2 aliphatic heterocycles. The molecule has 0 radical (unpaired) electrons. The third-order valence-corrected chi connectivity index (χ3v) is 6.04. The number of carbonyl (C=O) groups excluding carboxylic acids is 3. The number of nitrogens with zero attached hydrogens (tertiary/aromatic N) is 1. The minimum Gasteiger partial charge on any atom is -0.467 e. The Kier molecular flexibility index (Phi) is 4.31. The van der Waals surface area contributed by atoms with Crippen LogP contribution in [0.1, 0.15) is 22.7 Å². The van der Waals surface area contributed by atoms with Crippen LogP contribution in [0.3, 0.4) is 0 Å². The largest absolute Gasteiger partial charge is 0.467 e. The van der Waals surface area contributed by atoms with Crippen molar-refractivity contribution in [2.24, 2.45) is 11.8 Å². The van der Waals surface area contributed by atoms with E-state index >= 15 is 0 Å². The van der Waals surface area contributed by atoms with Gasteiger partial charge in [-0.2, -0.15) is 0 Å². The van der Waals surface area contributed by atoms with Crippen molar-refractivity contribution in [3.8, 4) is 0 Å². The molecule has 2 fully saturated rings. The number of hydrogen-bond donors (Lipinski definition) is 1. The van der Waals surface area contributed by atoms with Crippen molar-refractivity contribution >= 4 is 17.8 Å². The Bertz CT molecular complexity index is 958. The number of fused-ring (bicyclic) bond motifs is 1. The van der Waals surface area contributed by atoms with E-state index in [-0.39, 0.29) is 11.8 Å². The van der Waals surface area contributed by atoms with Crippen molar-refractivity contribution in [3.05, 3.63) is 71.3 Å². The maximum atomic E-state index is 13.1. The fraction of sp³-hybridized carbons (Fsp3) is 0.318. The summed E-state index contributed by atoms with van der Waals surface area (Å²) in [5.41, 5.74) is 1.08. The normalized spacial score (nSPS) is 29.1. The van der Waals surface area contributed by atoms with Crippen molar-refractivity contribution in [1.82, 2.24) is 10.2 Å². The van der Waals surface area contributed by atoms with Gasteiger partial charge in [-0.1, -0.05) is 54.6 Å². The second-order valence-electron chi connectivity index (χ2n) is 7.38. The summed E-state index contributed by atoms with van der Waals surface area (Å²) in [6, 6.07) is 16.3. The third kappa shape index (κ3) is 2.34. The van der Waals surface area contributed by atoms with E-state index in [2.05, 4.69) is 5.32 Å². The van der Waals surface area contributed by atoms with Gasteiger partial charge in [0.2, 0.25) is 11.8 Å². The Hall–Kier alpha value is -2.99. The maximum Gasteiger partial charge on any atom is 0.331 e. The first kappa shape index (κ1) is 18.4. The lowest BCUT2D eigenvalue weighted by Gasteiger charge is -2.32. The summed E-state index contributed by atoms with van der Waals surface area (Å²) in [5, 5.41) is 3.37. The number of amides is 2. The molecule has 0 spiro atoms. The number of nitrogens with one attached hydrogen (secondary N) is 1. The molecule has 6 nitrogen and oxygen atoms in total. The number of benzene rings is 2. The summed E-state index contributed by atoms with van der Waals surface area (Å²) < 4.78 is 5.15. The van der Waals surface area contributed by atoms with Gasteiger partial charge in [-0.05, 0) is 23.6 Å². The standard InChI is InChI=1S/C22H22N2O4/c1-13-9-7-8-12-15(13)18-16-17(20(26)24(2)19(16)25)22(23-18,21(27)28-3)14-10-5-4-6-11-14/h4-12,16-18,23H,1-3H3/t16-,17-,18-,22-/m0/s1. The molecule has 0 aromatic heterocycles. The van der Waals surface area contributed by atoms with E-state index in [9.17, 15) is 14.4 Å². The zero-order valence-electron chi connectivity index (χ0n) is 16.0. The first-order valence-corrected chi connectivity index (χ1v) is 9.22. The van der Waals surface area contributed by atoms with Gasteiger partial charge in [0.05, 0.1) is 18.9 Å². The van der Waals surface area contributed by atoms with Crippen LogP contribution >= 0.6 is 0 Å². The Morgan fingerprint density at radius 2 is 1.68 bits per heavy atom. The van der Waals surface area contributed by atoms with Gasteiger partial charge in [-0.3, -0.25) is 19.8 Å². The highest BCUT2D eigenvalue weighted by Crippen LogP contribution is 2.53. The van der Waals surface area contributed by atoms with Crippen LogP contribution < -0.4 is 5.32 Å². The number of imide groups is 1. The Morgan fingerprint density at radius 1 is 1.04 bits per heavy atom. The lowest BCUT2D eigenvalue weighted by atomic mass is 9.75. The van der Waals surface area contributed by atoms with E-state index in [1.54, 1.807) is 12.1 Å². The van der Waals surface area contributed by atoms with E-state index in [0.29, 0.717) is 5.56 Å². The summed E-state index contributed by atoms with van der Waals surface area (Å²) in [6.45, 7) is 1.96. The van der Waals surface area contributed by atoms with Gasteiger partial charge in [0.1, 0.15) is 0 Å². The molecule has 0 saturated carbocycles. The van der Waals surface area contributed by atoms with Gasteiger partial charge in [-0.15, -0.1) is 0 Å².